The predicted molar refractivity (Wildman–Crippen MR) is 139 cm³/mol. The van der Waals surface area contributed by atoms with E-state index >= 15 is 0 Å². The number of hydrogen-bond donors (Lipinski definition) is 2. The SMILES string of the molecule is O=C(O)CCc1ccc(F)cc1C[C@@H]1[C@H](c2nc(C(=O)NCCCCC3CCCCC3)co2)[C@H]2CC[C@H]1O2. The molecule has 206 valence electrons. The average Bonchev–Trinajstić information content (AvgIpc) is 3.65. The first kappa shape index (κ1) is 26.9. The summed E-state index contributed by atoms with van der Waals surface area (Å²) in [7, 11) is 0. The summed E-state index contributed by atoms with van der Waals surface area (Å²) in [4.78, 5) is 28.4. The topological polar surface area (TPSA) is 102 Å². The maximum Gasteiger partial charge on any atom is 0.303 e. The minimum absolute atomic E-state index is 0.00588. The van der Waals surface area contributed by atoms with Crippen LogP contribution >= 0.6 is 0 Å². The Kier molecular flexibility index (Phi) is 8.77. The number of nitrogens with zero attached hydrogens (tertiary/aromatic N) is 1. The fraction of sp³-hybridized carbons (Fsp3) is 0.633. The number of aliphatic carboxylic acids is 1. The van der Waals surface area contributed by atoms with E-state index in [-0.39, 0.29) is 47.9 Å². The van der Waals surface area contributed by atoms with Crippen molar-refractivity contribution in [2.24, 2.45) is 11.8 Å². The van der Waals surface area contributed by atoms with Gasteiger partial charge in [-0.1, -0.05) is 51.0 Å². The van der Waals surface area contributed by atoms with Gasteiger partial charge in [0.05, 0.1) is 18.1 Å². The largest absolute Gasteiger partial charge is 0.481 e. The Morgan fingerprint density at radius 3 is 2.68 bits per heavy atom. The number of oxazole rings is 1. The Morgan fingerprint density at radius 1 is 1.05 bits per heavy atom. The summed E-state index contributed by atoms with van der Waals surface area (Å²) in [5.74, 6) is -0.192. The van der Waals surface area contributed by atoms with Crippen LogP contribution in [0.4, 0.5) is 4.39 Å². The molecule has 1 aromatic heterocycles. The van der Waals surface area contributed by atoms with E-state index in [9.17, 15) is 14.0 Å². The maximum atomic E-state index is 14.1. The molecule has 0 radical (unpaired) electrons. The number of aromatic nitrogens is 1. The molecule has 8 heteroatoms. The Hall–Kier alpha value is -2.74. The lowest BCUT2D eigenvalue weighted by Gasteiger charge is -2.26. The van der Waals surface area contributed by atoms with Crippen molar-refractivity contribution in [3.8, 4) is 0 Å². The molecule has 2 aromatic rings. The number of ether oxygens (including phenoxy) is 1. The minimum Gasteiger partial charge on any atom is -0.481 e. The standard InChI is InChI=1S/C30H39FN2O5/c31-22-11-9-20(10-14-27(34)35)21(16-22)17-23-25-12-13-26(38-25)28(23)30-33-24(18-37-30)29(36)32-15-5-4-8-19-6-2-1-3-7-19/h9,11,16,18-19,23,25-26,28H,1-8,10,12-15,17H2,(H,32,36)(H,34,35)/t23-,25+,26+,28-/m0/s1. The van der Waals surface area contributed by atoms with Gasteiger partial charge < -0.3 is 19.6 Å². The molecule has 3 heterocycles. The van der Waals surface area contributed by atoms with E-state index < -0.39 is 5.97 Å². The molecule has 1 amide bonds. The van der Waals surface area contributed by atoms with E-state index in [2.05, 4.69) is 10.3 Å². The number of unbranched alkanes of at least 4 members (excludes halogenated alkanes) is 1. The van der Waals surface area contributed by atoms with Crippen molar-refractivity contribution in [3.05, 3.63) is 53.0 Å². The first-order valence-electron chi connectivity index (χ1n) is 14.4. The van der Waals surface area contributed by atoms with Crippen LogP contribution in [0.2, 0.25) is 0 Å². The van der Waals surface area contributed by atoms with Gasteiger partial charge in [0.2, 0.25) is 5.89 Å². The van der Waals surface area contributed by atoms with Crippen LogP contribution in [0.5, 0.6) is 0 Å². The van der Waals surface area contributed by atoms with Gasteiger partial charge in [0.15, 0.2) is 5.69 Å². The van der Waals surface area contributed by atoms with E-state index in [0.717, 1.165) is 42.7 Å². The van der Waals surface area contributed by atoms with Crippen LogP contribution in [0.15, 0.2) is 28.9 Å². The normalized spacial score (nSPS) is 25.1. The monoisotopic (exact) mass is 526 g/mol. The minimum atomic E-state index is -0.878. The molecule has 2 N–H and O–H groups in total. The van der Waals surface area contributed by atoms with Gasteiger partial charge >= 0.3 is 5.97 Å². The molecule has 1 aromatic carbocycles. The molecule has 7 nitrogen and oxygen atoms in total. The number of benzene rings is 1. The van der Waals surface area contributed by atoms with E-state index in [1.54, 1.807) is 6.07 Å². The lowest BCUT2D eigenvalue weighted by molar-refractivity contribution is -0.136. The summed E-state index contributed by atoms with van der Waals surface area (Å²) in [5, 5.41) is 12.1. The summed E-state index contributed by atoms with van der Waals surface area (Å²) >= 11 is 0. The quantitative estimate of drug-likeness (QED) is 0.338. The van der Waals surface area contributed by atoms with Crippen molar-refractivity contribution in [2.75, 3.05) is 6.54 Å². The highest BCUT2D eigenvalue weighted by molar-refractivity contribution is 5.91. The van der Waals surface area contributed by atoms with E-state index in [1.165, 1.54) is 56.9 Å². The van der Waals surface area contributed by atoms with Crippen LogP contribution in [-0.2, 0) is 22.4 Å². The lowest BCUT2D eigenvalue weighted by Crippen LogP contribution is -2.28. The van der Waals surface area contributed by atoms with Gasteiger partial charge in [0, 0.05) is 18.9 Å². The summed E-state index contributed by atoms with van der Waals surface area (Å²) < 4.78 is 26.2. The van der Waals surface area contributed by atoms with Gasteiger partial charge in [0.25, 0.3) is 5.91 Å². The third-order valence-corrected chi connectivity index (χ3v) is 8.75. The van der Waals surface area contributed by atoms with E-state index in [0.29, 0.717) is 25.3 Å². The Labute approximate surface area is 223 Å². The molecule has 1 aliphatic carbocycles. The summed E-state index contributed by atoms with van der Waals surface area (Å²) in [6.45, 7) is 0.631. The van der Waals surface area contributed by atoms with Crippen LogP contribution in [0.25, 0.3) is 0 Å². The summed E-state index contributed by atoms with van der Waals surface area (Å²) in [6.07, 6.45) is 14.2. The molecule has 2 bridgehead atoms. The molecule has 38 heavy (non-hydrogen) atoms. The smallest absolute Gasteiger partial charge is 0.303 e. The van der Waals surface area contributed by atoms with Crippen molar-refractivity contribution in [1.82, 2.24) is 10.3 Å². The van der Waals surface area contributed by atoms with Crippen molar-refractivity contribution < 1.29 is 28.2 Å². The number of carbonyl (C=O) groups is 2. The number of amides is 1. The highest BCUT2D eigenvalue weighted by atomic mass is 19.1. The molecule has 0 unspecified atom stereocenters. The number of carboxylic acid groups (broad SMARTS) is 1. The molecule has 2 aliphatic heterocycles. The molecule has 3 fully saturated rings. The fourth-order valence-electron chi connectivity index (χ4n) is 6.77. The fourth-order valence-corrected chi connectivity index (χ4v) is 6.77. The summed E-state index contributed by atoms with van der Waals surface area (Å²) in [6, 6.07) is 4.56. The van der Waals surface area contributed by atoms with Crippen molar-refractivity contribution in [3.63, 3.8) is 0 Å². The number of carbonyl (C=O) groups excluding carboxylic acids is 1. The van der Waals surface area contributed by atoms with Gasteiger partial charge in [-0.25, -0.2) is 9.37 Å². The first-order valence-corrected chi connectivity index (χ1v) is 14.4. The van der Waals surface area contributed by atoms with Crippen molar-refractivity contribution in [1.29, 1.82) is 0 Å². The van der Waals surface area contributed by atoms with Crippen LogP contribution in [0, 0.1) is 17.7 Å². The number of aryl methyl sites for hydroxylation is 1. The number of nitrogens with one attached hydrogen (secondary N) is 1. The van der Waals surface area contributed by atoms with Gasteiger partial charge in [0.1, 0.15) is 12.1 Å². The number of rotatable bonds is 12. The number of halogens is 1. The molecule has 2 saturated heterocycles. The van der Waals surface area contributed by atoms with Gasteiger partial charge in [-0.15, -0.1) is 0 Å². The summed E-state index contributed by atoms with van der Waals surface area (Å²) in [5.41, 5.74) is 1.92. The molecule has 0 spiro atoms. The third-order valence-electron chi connectivity index (χ3n) is 8.75. The van der Waals surface area contributed by atoms with Crippen LogP contribution in [0.1, 0.15) is 104 Å². The average molecular weight is 527 g/mol. The van der Waals surface area contributed by atoms with Gasteiger partial charge in [-0.05, 0) is 61.3 Å². The second-order valence-electron chi connectivity index (χ2n) is 11.3. The van der Waals surface area contributed by atoms with Gasteiger partial charge in [-0.3, -0.25) is 9.59 Å². The second-order valence-corrected chi connectivity index (χ2v) is 11.3. The van der Waals surface area contributed by atoms with E-state index in [4.69, 9.17) is 14.3 Å². The molecule has 1 saturated carbocycles. The van der Waals surface area contributed by atoms with Crippen molar-refractivity contribution in [2.45, 2.75) is 102 Å². The van der Waals surface area contributed by atoms with E-state index in [1.807, 2.05) is 0 Å². The zero-order chi connectivity index (χ0) is 26.5. The highest BCUT2D eigenvalue weighted by Crippen LogP contribution is 2.50. The Balaban J connectivity index is 1.19. The molecule has 5 rings (SSSR count). The second kappa shape index (κ2) is 12.4. The van der Waals surface area contributed by atoms with Crippen molar-refractivity contribution >= 4 is 11.9 Å². The van der Waals surface area contributed by atoms with Crippen LogP contribution in [0.3, 0.4) is 0 Å². The third kappa shape index (κ3) is 6.45. The number of fused-ring (bicyclic) bond motifs is 2. The number of carboxylic acids is 1. The molecule has 4 atom stereocenters. The first-order chi connectivity index (χ1) is 18.5. The Morgan fingerprint density at radius 2 is 1.87 bits per heavy atom. The maximum absolute atomic E-state index is 14.1. The highest BCUT2D eigenvalue weighted by Gasteiger charge is 2.51. The molecular weight excluding hydrogens is 487 g/mol. The lowest BCUT2D eigenvalue weighted by atomic mass is 9.75. The zero-order valence-corrected chi connectivity index (χ0v) is 22.0. The van der Waals surface area contributed by atoms with Crippen LogP contribution in [-0.4, -0.2) is 40.7 Å². The zero-order valence-electron chi connectivity index (χ0n) is 22.0. The van der Waals surface area contributed by atoms with Gasteiger partial charge in [-0.2, -0.15) is 0 Å². The molecule has 3 aliphatic rings. The predicted octanol–water partition coefficient (Wildman–Crippen LogP) is 5.82. The molecular formula is C30H39FN2O5. The Bertz CT molecular complexity index is 1110. The van der Waals surface area contributed by atoms with Crippen LogP contribution < -0.4 is 5.32 Å². The number of hydrogen-bond acceptors (Lipinski definition) is 5.